The summed E-state index contributed by atoms with van der Waals surface area (Å²) >= 11 is 0. The number of halogens is 18. The number of hydrogen-bond acceptors (Lipinski definition) is 2. The SMILES string of the molecule is FC(F)(F)c1cc(C(F)(F)F)c(-c2ccc3ccc4ccc(-c5c(C(F)(F)F)cc(C(F)(F)F)cc5C(F)(F)F)nc4c3n2)c(C(F)(F)F)c1. The summed E-state index contributed by atoms with van der Waals surface area (Å²) in [6.07, 6.45) is -34.8. The average Bonchev–Trinajstić information content (AvgIpc) is 2.96. The lowest BCUT2D eigenvalue weighted by Gasteiger charge is -2.22. The molecule has 0 atom stereocenters. The number of aromatic nitrogens is 2. The van der Waals surface area contributed by atoms with Crippen molar-refractivity contribution in [3.8, 4) is 22.5 Å². The molecule has 2 heterocycles. The molecule has 0 fully saturated rings. The largest absolute Gasteiger partial charge is 0.417 e. The lowest BCUT2D eigenvalue weighted by atomic mass is 9.92. The average molecular weight is 740 g/mol. The molecule has 0 aliphatic carbocycles. The summed E-state index contributed by atoms with van der Waals surface area (Å²) < 4.78 is 248. The molecule has 2 nitrogen and oxygen atoms in total. The standard InChI is InChI=1S/C30H10F18N2/c31-25(32,33)13-7-15(27(37,38)39)21(16(8-13)28(40,41)42)19-5-3-11-1-2-12-4-6-20(50-24(12)23(11)49-19)22-17(29(43,44)45)9-14(26(34,35)36)10-18(22)30(46,47)48/h1-10H. The fourth-order valence-corrected chi connectivity index (χ4v) is 5.10. The second kappa shape index (κ2) is 11.4. The van der Waals surface area contributed by atoms with Crippen LogP contribution in [0, 0.1) is 0 Å². The number of pyridine rings is 2. The molecule has 0 N–H and O–H groups in total. The lowest BCUT2D eigenvalue weighted by molar-refractivity contribution is -0.150. The number of rotatable bonds is 2. The number of hydrogen-bond donors (Lipinski definition) is 0. The van der Waals surface area contributed by atoms with Crippen LogP contribution in [-0.4, -0.2) is 9.97 Å². The zero-order valence-corrected chi connectivity index (χ0v) is 23.5. The van der Waals surface area contributed by atoms with Crippen LogP contribution in [0.1, 0.15) is 33.4 Å². The van der Waals surface area contributed by atoms with E-state index >= 15 is 0 Å². The quantitative estimate of drug-likeness (QED) is 0.133. The first-order valence-corrected chi connectivity index (χ1v) is 13.1. The van der Waals surface area contributed by atoms with Crippen molar-refractivity contribution < 1.29 is 79.0 Å². The van der Waals surface area contributed by atoms with Gasteiger partial charge >= 0.3 is 37.1 Å². The second-order valence-electron chi connectivity index (χ2n) is 10.5. The Bertz CT molecular complexity index is 1910. The summed E-state index contributed by atoms with van der Waals surface area (Å²) in [5, 5.41) is -0.445. The molecule has 0 amide bonds. The lowest BCUT2D eigenvalue weighted by Crippen LogP contribution is -2.18. The molecule has 5 rings (SSSR count). The Balaban J connectivity index is 1.89. The normalized spacial score (nSPS) is 13.8. The van der Waals surface area contributed by atoms with E-state index in [1.54, 1.807) is 0 Å². The topological polar surface area (TPSA) is 25.8 Å². The van der Waals surface area contributed by atoms with Crippen LogP contribution in [-0.2, 0) is 37.1 Å². The Morgan fingerprint density at radius 2 is 0.560 bits per heavy atom. The molecule has 0 aliphatic heterocycles. The highest BCUT2D eigenvalue weighted by Crippen LogP contribution is 2.49. The van der Waals surface area contributed by atoms with E-state index in [9.17, 15) is 79.0 Å². The van der Waals surface area contributed by atoms with Crippen LogP contribution in [0.5, 0.6) is 0 Å². The van der Waals surface area contributed by atoms with Gasteiger partial charge in [-0.05, 0) is 36.4 Å². The van der Waals surface area contributed by atoms with E-state index < -0.39 is 128 Å². The van der Waals surface area contributed by atoms with Crippen LogP contribution in [0.25, 0.3) is 44.3 Å². The van der Waals surface area contributed by atoms with Crippen LogP contribution in [0.2, 0.25) is 0 Å². The van der Waals surface area contributed by atoms with E-state index in [-0.39, 0.29) is 10.8 Å². The maximum atomic E-state index is 14.0. The zero-order valence-electron chi connectivity index (χ0n) is 23.5. The van der Waals surface area contributed by atoms with Crippen LogP contribution in [0.15, 0.2) is 60.7 Å². The highest BCUT2D eigenvalue weighted by molar-refractivity contribution is 6.04. The predicted octanol–water partition coefficient (Wildman–Crippen LogP) is 12.2. The van der Waals surface area contributed by atoms with Crippen molar-refractivity contribution in [3.05, 3.63) is 94.0 Å². The molecule has 2 aromatic heterocycles. The van der Waals surface area contributed by atoms with E-state index in [0.29, 0.717) is 12.1 Å². The van der Waals surface area contributed by atoms with Crippen LogP contribution in [0.3, 0.4) is 0 Å². The summed E-state index contributed by atoms with van der Waals surface area (Å²) in [7, 11) is 0. The third-order valence-corrected chi connectivity index (χ3v) is 7.18. The molecule has 0 bridgehead atoms. The fourth-order valence-electron chi connectivity index (χ4n) is 5.10. The minimum Gasteiger partial charge on any atom is -0.245 e. The van der Waals surface area contributed by atoms with Crippen molar-refractivity contribution in [3.63, 3.8) is 0 Å². The molecule has 5 aromatic rings. The van der Waals surface area contributed by atoms with Gasteiger partial charge in [-0.1, -0.05) is 24.3 Å². The Hall–Kier alpha value is -4.78. The molecular formula is C30H10F18N2. The van der Waals surface area contributed by atoms with Crippen molar-refractivity contribution in [2.45, 2.75) is 37.1 Å². The first kappa shape index (κ1) is 36.5. The van der Waals surface area contributed by atoms with Gasteiger partial charge in [0.05, 0.1) is 55.8 Å². The van der Waals surface area contributed by atoms with Gasteiger partial charge in [0.2, 0.25) is 0 Å². The highest BCUT2D eigenvalue weighted by atomic mass is 19.4. The maximum absolute atomic E-state index is 14.0. The molecule has 0 saturated carbocycles. The van der Waals surface area contributed by atoms with Crippen molar-refractivity contribution >= 4 is 21.8 Å². The second-order valence-corrected chi connectivity index (χ2v) is 10.5. The molecule has 0 unspecified atom stereocenters. The van der Waals surface area contributed by atoms with Crippen LogP contribution in [0.4, 0.5) is 79.0 Å². The van der Waals surface area contributed by atoms with Gasteiger partial charge in [0, 0.05) is 21.9 Å². The first-order valence-electron chi connectivity index (χ1n) is 13.1. The molecule has 0 saturated heterocycles. The molecule has 0 aliphatic rings. The van der Waals surface area contributed by atoms with Crippen molar-refractivity contribution in [2.75, 3.05) is 0 Å². The zero-order chi connectivity index (χ0) is 37.6. The Morgan fingerprint density at radius 1 is 0.320 bits per heavy atom. The summed E-state index contributed by atoms with van der Waals surface area (Å²) in [4.78, 5) is 7.40. The molecule has 20 heteroatoms. The van der Waals surface area contributed by atoms with E-state index in [1.807, 2.05) is 0 Å². The molecular weight excluding hydrogens is 730 g/mol. The highest BCUT2D eigenvalue weighted by Gasteiger charge is 2.47. The fraction of sp³-hybridized carbons (Fsp3) is 0.200. The van der Waals surface area contributed by atoms with Gasteiger partial charge in [0.1, 0.15) is 0 Å². The van der Waals surface area contributed by atoms with Crippen LogP contribution < -0.4 is 0 Å². The minimum atomic E-state index is -5.86. The van der Waals surface area contributed by atoms with Crippen molar-refractivity contribution in [2.24, 2.45) is 0 Å². The van der Waals surface area contributed by atoms with E-state index in [1.165, 1.54) is 0 Å². The van der Waals surface area contributed by atoms with E-state index in [2.05, 4.69) is 9.97 Å². The third-order valence-electron chi connectivity index (χ3n) is 7.18. The number of fused-ring (bicyclic) bond motifs is 3. The van der Waals surface area contributed by atoms with E-state index in [0.717, 1.165) is 24.3 Å². The first-order chi connectivity index (χ1) is 22.6. The summed E-state index contributed by atoms with van der Waals surface area (Å²) in [6, 6.07) is 2.56. The molecule has 50 heavy (non-hydrogen) atoms. The van der Waals surface area contributed by atoms with Crippen LogP contribution >= 0.6 is 0 Å². The number of nitrogens with zero attached hydrogens (tertiary/aromatic N) is 2. The molecule has 0 radical (unpaired) electrons. The Kier molecular flexibility index (Phi) is 8.30. The van der Waals surface area contributed by atoms with Crippen molar-refractivity contribution in [1.82, 2.24) is 9.97 Å². The summed E-state index contributed by atoms with van der Waals surface area (Å²) in [5.74, 6) is 0. The Labute approximate surface area is 265 Å². The van der Waals surface area contributed by atoms with Gasteiger partial charge in [-0.2, -0.15) is 79.0 Å². The predicted molar refractivity (Wildman–Crippen MR) is 138 cm³/mol. The molecule has 0 spiro atoms. The number of benzene rings is 3. The van der Waals surface area contributed by atoms with Gasteiger partial charge in [-0.15, -0.1) is 0 Å². The minimum absolute atomic E-state index is 0.223. The monoisotopic (exact) mass is 740 g/mol. The van der Waals surface area contributed by atoms with Gasteiger partial charge in [-0.3, -0.25) is 0 Å². The Morgan fingerprint density at radius 3 is 0.780 bits per heavy atom. The van der Waals surface area contributed by atoms with Gasteiger partial charge in [0.15, 0.2) is 0 Å². The van der Waals surface area contributed by atoms with E-state index in [4.69, 9.17) is 0 Å². The molecule has 266 valence electrons. The third kappa shape index (κ3) is 6.83. The van der Waals surface area contributed by atoms with Crippen molar-refractivity contribution in [1.29, 1.82) is 0 Å². The summed E-state index contributed by atoms with van der Waals surface area (Å²) in [6.45, 7) is 0. The van der Waals surface area contributed by atoms with Gasteiger partial charge in [0.25, 0.3) is 0 Å². The number of alkyl halides is 18. The van der Waals surface area contributed by atoms with Gasteiger partial charge in [-0.25, -0.2) is 9.97 Å². The smallest absolute Gasteiger partial charge is 0.245 e. The van der Waals surface area contributed by atoms with Gasteiger partial charge < -0.3 is 0 Å². The summed E-state index contributed by atoms with van der Waals surface area (Å²) in [5.41, 5.74) is -22.2. The maximum Gasteiger partial charge on any atom is 0.417 e. The molecule has 3 aromatic carbocycles.